The summed E-state index contributed by atoms with van der Waals surface area (Å²) >= 11 is 5.35. The van der Waals surface area contributed by atoms with Gasteiger partial charge in [0.05, 0.1) is 13.2 Å². The minimum absolute atomic E-state index is 0.239. The summed E-state index contributed by atoms with van der Waals surface area (Å²) in [6, 6.07) is 13.4. The Kier molecular flexibility index (Phi) is 6.55. The molecule has 3 N–H and O–H groups in total. The summed E-state index contributed by atoms with van der Waals surface area (Å²) in [4.78, 5) is 1.54. The third-order valence-electron chi connectivity index (χ3n) is 4.63. The van der Waals surface area contributed by atoms with Crippen LogP contribution in [0.4, 0.5) is 10.1 Å². The van der Waals surface area contributed by atoms with E-state index in [2.05, 4.69) is 28.8 Å². The van der Waals surface area contributed by atoms with Crippen LogP contribution in [0.3, 0.4) is 0 Å². The summed E-state index contributed by atoms with van der Waals surface area (Å²) in [6.07, 6.45) is 0. The van der Waals surface area contributed by atoms with E-state index >= 15 is 0 Å². The molecule has 1 saturated heterocycles. The van der Waals surface area contributed by atoms with Gasteiger partial charge >= 0.3 is 0 Å². The first kappa shape index (κ1) is 18.8. The van der Waals surface area contributed by atoms with Crippen LogP contribution in [-0.4, -0.2) is 31.4 Å². The molecule has 3 rings (SSSR count). The van der Waals surface area contributed by atoms with Crippen LogP contribution in [0.1, 0.15) is 16.7 Å². The van der Waals surface area contributed by atoms with Gasteiger partial charge in [-0.25, -0.2) is 4.39 Å². The fourth-order valence-corrected chi connectivity index (χ4v) is 3.22. The average Bonchev–Trinajstić information content (AvgIpc) is 2.65. The van der Waals surface area contributed by atoms with E-state index in [0.717, 1.165) is 32.8 Å². The Labute approximate surface area is 159 Å². The topological polar surface area (TPSA) is 37.7 Å². The molecule has 1 fully saturated rings. The second-order valence-electron chi connectivity index (χ2n) is 6.58. The molecule has 0 aromatic heterocycles. The van der Waals surface area contributed by atoms with Crippen molar-refractivity contribution in [3.8, 4) is 0 Å². The second-order valence-corrected chi connectivity index (χ2v) is 6.99. The van der Waals surface area contributed by atoms with Crippen molar-refractivity contribution in [1.82, 2.24) is 5.32 Å². The molecule has 0 spiro atoms. The monoisotopic (exact) mass is 374 g/mol. The van der Waals surface area contributed by atoms with Gasteiger partial charge in [0.1, 0.15) is 25.5 Å². The lowest BCUT2D eigenvalue weighted by Crippen LogP contribution is -3.12. The number of rotatable bonds is 5. The molecule has 0 unspecified atom stereocenters. The van der Waals surface area contributed by atoms with Gasteiger partial charge in [0.15, 0.2) is 5.11 Å². The maximum absolute atomic E-state index is 13.6. The molecule has 4 nitrogen and oxygen atoms in total. The summed E-state index contributed by atoms with van der Waals surface area (Å²) in [5.74, 6) is -0.239. The van der Waals surface area contributed by atoms with Gasteiger partial charge in [-0.05, 0) is 42.4 Å². The first-order valence-electron chi connectivity index (χ1n) is 8.91. The van der Waals surface area contributed by atoms with E-state index in [0.29, 0.717) is 22.9 Å². The summed E-state index contributed by atoms with van der Waals surface area (Å²) in [7, 11) is 0. The van der Waals surface area contributed by atoms with Gasteiger partial charge in [-0.3, -0.25) is 0 Å². The summed E-state index contributed by atoms with van der Waals surface area (Å²) < 4.78 is 19.1. The van der Waals surface area contributed by atoms with Crippen molar-refractivity contribution in [1.29, 1.82) is 0 Å². The van der Waals surface area contributed by atoms with E-state index in [1.54, 1.807) is 17.9 Å². The highest BCUT2D eigenvalue weighted by Crippen LogP contribution is 2.13. The van der Waals surface area contributed by atoms with Crippen molar-refractivity contribution in [2.45, 2.75) is 20.0 Å². The number of nitrogens with one attached hydrogen (secondary N) is 3. The quantitative estimate of drug-likeness (QED) is 0.701. The Morgan fingerprint density at radius 3 is 2.62 bits per heavy atom. The molecule has 26 heavy (non-hydrogen) atoms. The Balaban J connectivity index is 1.56. The van der Waals surface area contributed by atoms with Gasteiger partial charge in [-0.1, -0.05) is 30.3 Å². The Morgan fingerprint density at radius 1 is 1.15 bits per heavy atom. The summed E-state index contributed by atoms with van der Waals surface area (Å²) in [6.45, 7) is 7.11. The van der Waals surface area contributed by atoms with Gasteiger partial charge in [0, 0.05) is 17.8 Å². The minimum atomic E-state index is -0.239. The first-order chi connectivity index (χ1) is 12.6. The molecular formula is C20H25FN3OS+. The minimum Gasteiger partial charge on any atom is -0.370 e. The highest BCUT2D eigenvalue weighted by Gasteiger charge is 2.15. The summed E-state index contributed by atoms with van der Waals surface area (Å²) in [5, 5.41) is 6.75. The number of hydrogen-bond donors (Lipinski definition) is 3. The number of halogens is 1. The number of aryl methyl sites for hydroxylation is 1. The molecule has 0 saturated carbocycles. The highest BCUT2D eigenvalue weighted by atomic mass is 32.1. The zero-order valence-corrected chi connectivity index (χ0v) is 15.8. The van der Waals surface area contributed by atoms with Gasteiger partial charge in [0.2, 0.25) is 0 Å². The first-order valence-corrected chi connectivity index (χ1v) is 9.32. The van der Waals surface area contributed by atoms with E-state index in [-0.39, 0.29) is 5.82 Å². The maximum atomic E-state index is 13.6. The zero-order chi connectivity index (χ0) is 18.4. The third kappa shape index (κ3) is 5.24. The number of anilines is 1. The molecule has 0 bridgehead atoms. The number of hydrogen-bond acceptors (Lipinski definition) is 2. The van der Waals surface area contributed by atoms with Gasteiger partial charge < -0.3 is 20.3 Å². The molecular weight excluding hydrogens is 349 g/mol. The number of ether oxygens (including phenoxy) is 1. The van der Waals surface area contributed by atoms with Crippen LogP contribution >= 0.6 is 12.2 Å². The molecule has 0 amide bonds. The predicted molar refractivity (Wildman–Crippen MR) is 106 cm³/mol. The SMILES string of the molecule is Cc1ccc(NC(=S)NCc2ccccc2C[NH+]2CCOCC2)cc1F. The number of morpholine rings is 1. The number of thiocarbonyl (C=S) groups is 1. The van der Waals surface area contributed by atoms with Crippen molar-refractivity contribution in [3.05, 3.63) is 65.0 Å². The standard InChI is InChI=1S/C20H24FN3OS/c1-15-6-7-18(12-19(15)21)23-20(26)22-13-16-4-2-3-5-17(16)14-24-8-10-25-11-9-24/h2-7,12H,8-11,13-14H2,1H3,(H2,22,23,26)/p+1. The molecule has 2 aromatic carbocycles. The van der Waals surface area contributed by atoms with Crippen LogP contribution in [0, 0.1) is 12.7 Å². The molecule has 2 aromatic rings. The van der Waals surface area contributed by atoms with E-state index < -0.39 is 0 Å². The Morgan fingerprint density at radius 2 is 1.88 bits per heavy atom. The van der Waals surface area contributed by atoms with Crippen LogP contribution < -0.4 is 15.5 Å². The van der Waals surface area contributed by atoms with E-state index in [9.17, 15) is 4.39 Å². The number of quaternary nitrogens is 1. The Hall–Kier alpha value is -2.02. The normalized spacial score (nSPS) is 14.8. The molecule has 0 radical (unpaired) electrons. The molecule has 6 heteroatoms. The van der Waals surface area contributed by atoms with Crippen molar-refractivity contribution in [3.63, 3.8) is 0 Å². The van der Waals surface area contributed by atoms with Crippen LogP contribution in [-0.2, 0) is 17.8 Å². The molecule has 138 valence electrons. The van der Waals surface area contributed by atoms with Gasteiger partial charge in [0.25, 0.3) is 0 Å². The largest absolute Gasteiger partial charge is 0.370 e. The van der Waals surface area contributed by atoms with Crippen LogP contribution in [0.25, 0.3) is 0 Å². The third-order valence-corrected chi connectivity index (χ3v) is 4.87. The van der Waals surface area contributed by atoms with Gasteiger partial charge in [-0.2, -0.15) is 0 Å². The van der Waals surface area contributed by atoms with Gasteiger partial charge in [-0.15, -0.1) is 0 Å². The fourth-order valence-electron chi connectivity index (χ4n) is 3.03. The molecule has 1 heterocycles. The highest BCUT2D eigenvalue weighted by molar-refractivity contribution is 7.80. The van der Waals surface area contributed by atoms with Crippen molar-refractivity contribution < 1.29 is 14.0 Å². The zero-order valence-electron chi connectivity index (χ0n) is 15.0. The van der Waals surface area contributed by atoms with Crippen LogP contribution in [0.5, 0.6) is 0 Å². The predicted octanol–water partition coefficient (Wildman–Crippen LogP) is 2.04. The smallest absolute Gasteiger partial charge is 0.171 e. The molecule has 0 aliphatic carbocycles. The van der Waals surface area contributed by atoms with E-state index in [1.807, 2.05) is 12.1 Å². The van der Waals surface area contributed by atoms with Crippen LogP contribution in [0.15, 0.2) is 42.5 Å². The fraction of sp³-hybridized carbons (Fsp3) is 0.350. The average molecular weight is 375 g/mol. The van der Waals surface area contributed by atoms with Crippen molar-refractivity contribution in [2.75, 3.05) is 31.6 Å². The van der Waals surface area contributed by atoms with Crippen molar-refractivity contribution in [2.24, 2.45) is 0 Å². The molecule has 1 aliphatic heterocycles. The van der Waals surface area contributed by atoms with Crippen molar-refractivity contribution >= 4 is 23.0 Å². The lowest BCUT2D eigenvalue weighted by atomic mass is 10.1. The Bertz CT molecular complexity index is 762. The molecule has 0 atom stereocenters. The number of benzene rings is 2. The second kappa shape index (κ2) is 9.07. The lowest BCUT2D eigenvalue weighted by molar-refractivity contribution is -0.921. The van der Waals surface area contributed by atoms with Crippen LogP contribution in [0.2, 0.25) is 0 Å². The van der Waals surface area contributed by atoms with E-state index in [1.165, 1.54) is 17.2 Å². The maximum Gasteiger partial charge on any atom is 0.171 e. The molecule has 1 aliphatic rings. The van der Waals surface area contributed by atoms with E-state index in [4.69, 9.17) is 17.0 Å². The summed E-state index contributed by atoms with van der Waals surface area (Å²) in [5.41, 5.74) is 3.82. The lowest BCUT2D eigenvalue weighted by Gasteiger charge is -2.24.